The maximum absolute atomic E-state index is 11.9. The van der Waals surface area contributed by atoms with E-state index < -0.39 is 0 Å². The lowest BCUT2D eigenvalue weighted by atomic mass is 9.64. The molecule has 4 nitrogen and oxygen atoms in total. The van der Waals surface area contributed by atoms with Gasteiger partial charge in [0.15, 0.2) is 0 Å². The maximum Gasteiger partial charge on any atom is 0.220 e. The quantitative estimate of drug-likeness (QED) is 0.768. The van der Waals surface area contributed by atoms with Gasteiger partial charge in [0.25, 0.3) is 0 Å². The van der Waals surface area contributed by atoms with E-state index in [0.717, 1.165) is 25.9 Å². The highest BCUT2D eigenvalue weighted by Crippen LogP contribution is 2.42. The van der Waals surface area contributed by atoms with Crippen LogP contribution in [0.1, 0.15) is 33.1 Å². The first-order valence-corrected chi connectivity index (χ1v) is 6.57. The van der Waals surface area contributed by atoms with Crippen molar-refractivity contribution in [3.63, 3.8) is 0 Å². The molecule has 0 radical (unpaired) electrons. The lowest BCUT2D eigenvalue weighted by Gasteiger charge is -2.51. The van der Waals surface area contributed by atoms with Gasteiger partial charge in [0.05, 0.1) is 6.10 Å². The number of carbonyl (C=O) groups excluding carboxylic acids is 1. The number of methoxy groups -OCH3 is 1. The summed E-state index contributed by atoms with van der Waals surface area (Å²) in [6.45, 7) is 6.36. The molecule has 4 heteroatoms. The number of hydrogen-bond acceptors (Lipinski definition) is 3. The Morgan fingerprint density at radius 2 is 2.29 bits per heavy atom. The Balaban J connectivity index is 1.76. The smallest absolute Gasteiger partial charge is 0.220 e. The molecule has 2 fully saturated rings. The molecule has 1 saturated carbocycles. The minimum atomic E-state index is 0.0678. The molecule has 3 atom stereocenters. The van der Waals surface area contributed by atoms with E-state index in [1.807, 2.05) is 0 Å². The summed E-state index contributed by atoms with van der Waals surface area (Å²) in [5, 5.41) is 6.44. The normalized spacial score (nSPS) is 35.4. The fourth-order valence-corrected chi connectivity index (χ4v) is 2.93. The highest BCUT2D eigenvalue weighted by atomic mass is 16.5. The zero-order valence-electron chi connectivity index (χ0n) is 11.1. The van der Waals surface area contributed by atoms with Crippen molar-refractivity contribution in [2.24, 2.45) is 11.3 Å². The SMILES string of the molecule is COC1CC(NC(=O)CC2CCNC2)C1(C)C. The van der Waals surface area contributed by atoms with Crippen LogP contribution in [-0.4, -0.2) is 38.3 Å². The van der Waals surface area contributed by atoms with E-state index >= 15 is 0 Å². The van der Waals surface area contributed by atoms with Crippen molar-refractivity contribution >= 4 is 5.91 Å². The fourth-order valence-electron chi connectivity index (χ4n) is 2.93. The van der Waals surface area contributed by atoms with Gasteiger partial charge in [0, 0.05) is 25.0 Å². The molecule has 2 aliphatic rings. The summed E-state index contributed by atoms with van der Waals surface area (Å²) in [7, 11) is 1.74. The molecule has 98 valence electrons. The Morgan fingerprint density at radius 3 is 2.82 bits per heavy atom. The summed E-state index contributed by atoms with van der Waals surface area (Å²) < 4.78 is 5.39. The molecule has 0 bridgehead atoms. The van der Waals surface area contributed by atoms with Crippen LogP contribution in [-0.2, 0) is 9.53 Å². The Kier molecular flexibility index (Phi) is 3.73. The van der Waals surface area contributed by atoms with Crippen LogP contribution in [0.3, 0.4) is 0 Å². The molecule has 0 aromatic rings. The number of carbonyl (C=O) groups is 1. The second-order valence-electron chi connectivity index (χ2n) is 5.96. The molecule has 17 heavy (non-hydrogen) atoms. The standard InChI is InChI=1S/C13H24N2O2/c1-13(2)10(7-11(13)17-3)15-12(16)6-9-4-5-14-8-9/h9-11,14H,4-8H2,1-3H3,(H,15,16). The van der Waals surface area contributed by atoms with E-state index in [1.54, 1.807) is 7.11 Å². The van der Waals surface area contributed by atoms with Crippen molar-refractivity contribution in [3.8, 4) is 0 Å². The minimum absolute atomic E-state index is 0.0678. The van der Waals surface area contributed by atoms with Crippen molar-refractivity contribution in [3.05, 3.63) is 0 Å². The van der Waals surface area contributed by atoms with Crippen LogP contribution in [0.2, 0.25) is 0 Å². The first-order valence-electron chi connectivity index (χ1n) is 6.57. The number of hydrogen-bond donors (Lipinski definition) is 2. The van der Waals surface area contributed by atoms with Crippen LogP contribution >= 0.6 is 0 Å². The largest absolute Gasteiger partial charge is 0.381 e. The summed E-state index contributed by atoms with van der Waals surface area (Å²) in [6, 6.07) is 0.273. The second-order valence-corrected chi connectivity index (χ2v) is 5.96. The van der Waals surface area contributed by atoms with Gasteiger partial charge in [-0.2, -0.15) is 0 Å². The lowest BCUT2D eigenvalue weighted by Crippen LogP contribution is -2.61. The molecule has 1 saturated heterocycles. The molecule has 2 N–H and O–H groups in total. The third-order valence-corrected chi connectivity index (χ3v) is 4.43. The van der Waals surface area contributed by atoms with Crippen molar-refractivity contribution in [2.75, 3.05) is 20.2 Å². The van der Waals surface area contributed by atoms with Gasteiger partial charge in [0.1, 0.15) is 0 Å². The molecule has 2 rings (SSSR count). The third-order valence-electron chi connectivity index (χ3n) is 4.43. The van der Waals surface area contributed by atoms with E-state index in [-0.39, 0.29) is 23.5 Å². The van der Waals surface area contributed by atoms with Crippen LogP contribution in [0.25, 0.3) is 0 Å². The maximum atomic E-state index is 11.9. The van der Waals surface area contributed by atoms with Crippen molar-refractivity contribution in [1.82, 2.24) is 10.6 Å². The van der Waals surface area contributed by atoms with Crippen LogP contribution < -0.4 is 10.6 Å². The molecular formula is C13H24N2O2. The molecule has 0 aromatic carbocycles. The Labute approximate surface area is 103 Å². The molecule has 1 amide bonds. The summed E-state index contributed by atoms with van der Waals surface area (Å²) in [5.74, 6) is 0.725. The number of amides is 1. The average Bonchev–Trinajstić information content (AvgIpc) is 2.76. The van der Waals surface area contributed by atoms with Crippen LogP contribution in [0, 0.1) is 11.3 Å². The van der Waals surface area contributed by atoms with Crippen molar-refractivity contribution < 1.29 is 9.53 Å². The zero-order valence-corrected chi connectivity index (χ0v) is 11.1. The predicted molar refractivity (Wildman–Crippen MR) is 66.7 cm³/mol. The zero-order chi connectivity index (χ0) is 12.5. The minimum Gasteiger partial charge on any atom is -0.381 e. The first kappa shape index (κ1) is 12.8. The van der Waals surface area contributed by atoms with Gasteiger partial charge in [-0.25, -0.2) is 0 Å². The van der Waals surface area contributed by atoms with Gasteiger partial charge in [-0.05, 0) is 31.8 Å². The molecular weight excluding hydrogens is 216 g/mol. The number of nitrogens with one attached hydrogen (secondary N) is 2. The molecule has 1 aliphatic carbocycles. The Hall–Kier alpha value is -0.610. The van der Waals surface area contributed by atoms with E-state index in [0.29, 0.717) is 12.3 Å². The number of rotatable bonds is 4. The highest BCUT2D eigenvalue weighted by molar-refractivity contribution is 5.76. The van der Waals surface area contributed by atoms with Crippen LogP contribution in [0.5, 0.6) is 0 Å². The topological polar surface area (TPSA) is 50.4 Å². The van der Waals surface area contributed by atoms with Gasteiger partial charge in [-0.3, -0.25) is 4.79 Å². The highest BCUT2D eigenvalue weighted by Gasteiger charge is 2.49. The van der Waals surface area contributed by atoms with Crippen molar-refractivity contribution in [2.45, 2.75) is 45.3 Å². The van der Waals surface area contributed by atoms with E-state index in [2.05, 4.69) is 24.5 Å². The molecule has 0 aromatic heterocycles. The van der Waals surface area contributed by atoms with Crippen molar-refractivity contribution in [1.29, 1.82) is 0 Å². The molecule has 0 spiro atoms. The van der Waals surface area contributed by atoms with E-state index in [1.165, 1.54) is 0 Å². The van der Waals surface area contributed by atoms with Gasteiger partial charge in [0.2, 0.25) is 5.91 Å². The lowest BCUT2D eigenvalue weighted by molar-refractivity contribution is -0.133. The number of ether oxygens (including phenoxy) is 1. The Bertz CT molecular complexity index is 285. The second kappa shape index (κ2) is 4.94. The summed E-state index contributed by atoms with van der Waals surface area (Å²) >= 11 is 0. The fraction of sp³-hybridized carbons (Fsp3) is 0.923. The molecule has 1 heterocycles. The summed E-state index contributed by atoms with van der Waals surface area (Å²) in [6.07, 6.45) is 3.01. The summed E-state index contributed by atoms with van der Waals surface area (Å²) in [4.78, 5) is 11.9. The average molecular weight is 240 g/mol. The van der Waals surface area contributed by atoms with Gasteiger partial charge in [-0.15, -0.1) is 0 Å². The molecule has 3 unspecified atom stereocenters. The van der Waals surface area contributed by atoms with Crippen LogP contribution in [0.15, 0.2) is 0 Å². The Morgan fingerprint density at radius 1 is 1.53 bits per heavy atom. The van der Waals surface area contributed by atoms with Crippen LogP contribution in [0.4, 0.5) is 0 Å². The monoisotopic (exact) mass is 240 g/mol. The van der Waals surface area contributed by atoms with Gasteiger partial charge in [-0.1, -0.05) is 13.8 Å². The van der Waals surface area contributed by atoms with E-state index in [9.17, 15) is 4.79 Å². The van der Waals surface area contributed by atoms with E-state index in [4.69, 9.17) is 4.74 Å². The summed E-state index contributed by atoms with van der Waals surface area (Å²) in [5.41, 5.74) is 0.0678. The predicted octanol–water partition coefficient (Wildman–Crippen LogP) is 0.916. The first-order chi connectivity index (χ1) is 8.04. The van der Waals surface area contributed by atoms with Gasteiger partial charge < -0.3 is 15.4 Å². The molecule has 1 aliphatic heterocycles. The third kappa shape index (κ3) is 2.63. The van der Waals surface area contributed by atoms with Gasteiger partial charge >= 0.3 is 0 Å².